The largest absolute Gasteiger partial charge is 0.372 e. The average molecular weight is 280 g/mol. The van der Waals surface area contributed by atoms with Crippen LogP contribution in [0.4, 0.5) is 0 Å². The summed E-state index contributed by atoms with van der Waals surface area (Å²) in [4.78, 5) is 4.11. The number of benzene rings is 2. The Bertz CT molecular complexity index is 691. The van der Waals surface area contributed by atoms with Crippen LogP contribution in [0, 0.1) is 0 Å². The minimum atomic E-state index is 0.0590. The highest BCUT2D eigenvalue weighted by Gasteiger charge is 2.13. The Morgan fingerprint density at radius 1 is 1.14 bits per heavy atom. The normalized spacial score (nSPS) is 12.6. The van der Waals surface area contributed by atoms with Gasteiger partial charge in [-0.15, -0.1) is 0 Å². The van der Waals surface area contributed by atoms with Gasteiger partial charge in [-0.3, -0.25) is 0 Å². The fraction of sp³-hybridized carbons (Fsp3) is 0.278. The Morgan fingerprint density at radius 2 is 2.00 bits per heavy atom. The third-order valence-electron chi connectivity index (χ3n) is 3.60. The minimum Gasteiger partial charge on any atom is -0.372 e. The molecule has 1 unspecified atom stereocenters. The van der Waals surface area contributed by atoms with Gasteiger partial charge in [-0.05, 0) is 28.8 Å². The summed E-state index contributed by atoms with van der Waals surface area (Å²) >= 11 is 0. The van der Waals surface area contributed by atoms with Crippen molar-refractivity contribution in [1.82, 2.24) is 9.55 Å². The molecule has 1 aromatic heterocycles. The van der Waals surface area contributed by atoms with Crippen molar-refractivity contribution >= 4 is 10.8 Å². The molecule has 2 aromatic carbocycles. The van der Waals surface area contributed by atoms with Crippen LogP contribution in [0.5, 0.6) is 0 Å². The molecule has 0 bridgehead atoms. The van der Waals surface area contributed by atoms with Gasteiger partial charge in [-0.2, -0.15) is 0 Å². The summed E-state index contributed by atoms with van der Waals surface area (Å²) in [5, 5.41) is 2.52. The van der Waals surface area contributed by atoms with Crippen molar-refractivity contribution in [3.8, 4) is 0 Å². The Hall–Kier alpha value is -2.13. The molecule has 0 saturated heterocycles. The summed E-state index contributed by atoms with van der Waals surface area (Å²) < 4.78 is 8.12. The van der Waals surface area contributed by atoms with Crippen molar-refractivity contribution in [3.63, 3.8) is 0 Å². The molecule has 3 rings (SSSR count). The number of aromatic nitrogens is 2. The molecule has 1 atom stereocenters. The highest BCUT2D eigenvalue weighted by atomic mass is 16.5. The molecule has 0 aliphatic heterocycles. The van der Waals surface area contributed by atoms with Gasteiger partial charge in [0.2, 0.25) is 0 Å². The Kier molecular flexibility index (Phi) is 4.31. The first-order valence-electron chi connectivity index (χ1n) is 7.43. The molecule has 3 aromatic rings. The zero-order valence-corrected chi connectivity index (χ0v) is 12.3. The summed E-state index contributed by atoms with van der Waals surface area (Å²) in [5.41, 5.74) is 1.22. The third-order valence-corrected chi connectivity index (χ3v) is 3.60. The Morgan fingerprint density at radius 3 is 2.76 bits per heavy atom. The van der Waals surface area contributed by atoms with E-state index in [1.54, 1.807) is 6.20 Å². The van der Waals surface area contributed by atoms with Gasteiger partial charge in [0, 0.05) is 19.0 Å². The second-order valence-corrected chi connectivity index (χ2v) is 5.23. The lowest BCUT2D eigenvalue weighted by Gasteiger charge is -2.19. The van der Waals surface area contributed by atoms with Crippen molar-refractivity contribution in [2.75, 3.05) is 6.61 Å². The topological polar surface area (TPSA) is 27.1 Å². The predicted molar refractivity (Wildman–Crippen MR) is 85.2 cm³/mol. The van der Waals surface area contributed by atoms with Crippen molar-refractivity contribution in [2.45, 2.75) is 26.0 Å². The fourth-order valence-electron chi connectivity index (χ4n) is 2.51. The first-order chi connectivity index (χ1) is 10.4. The smallest absolute Gasteiger partial charge is 0.100 e. The van der Waals surface area contributed by atoms with E-state index in [0.717, 1.165) is 19.6 Å². The zero-order valence-electron chi connectivity index (χ0n) is 12.3. The number of ether oxygens (including phenoxy) is 1. The summed E-state index contributed by atoms with van der Waals surface area (Å²) in [5.74, 6) is 0. The van der Waals surface area contributed by atoms with Crippen LogP contribution in [0.25, 0.3) is 10.8 Å². The first-order valence-corrected chi connectivity index (χ1v) is 7.43. The van der Waals surface area contributed by atoms with Crippen LogP contribution in [0.1, 0.15) is 25.0 Å². The minimum absolute atomic E-state index is 0.0590. The van der Waals surface area contributed by atoms with Gasteiger partial charge < -0.3 is 9.30 Å². The van der Waals surface area contributed by atoms with Crippen molar-refractivity contribution in [1.29, 1.82) is 0 Å². The van der Waals surface area contributed by atoms with E-state index in [4.69, 9.17) is 4.74 Å². The molecule has 21 heavy (non-hydrogen) atoms. The molecular weight excluding hydrogens is 260 g/mol. The monoisotopic (exact) mass is 280 g/mol. The molecule has 0 aliphatic rings. The molecule has 0 amide bonds. The number of imidazole rings is 1. The summed E-state index contributed by atoms with van der Waals surface area (Å²) in [6.45, 7) is 3.69. The lowest BCUT2D eigenvalue weighted by Crippen LogP contribution is -2.12. The molecule has 0 aliphatic carbocycles. The van der Waals surface area contributed by atoms with Crippen LogP contribution >= 0.6 is 0 Å². The van der Waals surface area contributed by atoms with Crippen LogP contribution in [0.3, 0.4) is 0 Å². The molecule has 0 radical (unpaired) electrons. The van der Waals surface area contributed by atoms with E-state index >= 15 is 0 Å². The SMILES string of the molecule is CCCOC(Cn1ccnc1)c1ccc2ccccc2c1. The maximum atomic E-state index is 6.05. The quantitative estimate of drug-likeness (QED) is 0.676. The highest BCUT2D eigenvalue weighted by molar-refractivity contribution is 5.83. The van der Waals surface area contributed by atoms with Crippen molar-refractivity contribution < 1.29 is 4.74 Å². The van der Waals surface area contributed by atoms with Gasteiger partial charge in [0.05, 0.1) is 12.9 Å². The molecule has 1 heterocycles. The molecule has 108 valence electrons. The lowest BCUT2D eigenvalue weighted by molar-refractivity contribution is 0.0410. The van der Waals surface area contributed by atoms with Gasteiger partial charge in [0.25, 0.3) is 0 Å². The van der Waals surface area contributed by atoms with Gasteiger partial charge in [0.1, 0.15) is 6.10 Å². The number of rotatable bonds is 6. The molecule has 0 saturated carbocycles. The summed E-state index contributed by atoms with van der Waals surface area (Å²) in [7, 11) is 0. The number of fused-ring (bicyclic) bond motifs is 1. The number of nitrogens with zero attached hydrogens (tertiary/aromatic N) is 2. The van der Waals surface area contributed by atoms with Gasteiger partial charge >= 0.3 is 0 Å². The van der Waals surface area contributed by atoms with Crippen LogP contribution in [0.2, 0.25) is 0 Å². The van der Waals surface area contributed by atoms with Crippen LogP contribution in [0.15, 0.2) is 61.2 Å². The molecule has 0 fully saturated rings. The lowest BCUT2D eigenvalue weighted by atomic mass is 10.0. The maximum absolute atomic E-state index is 6.05. The molecule has 0 N–H and O–H groups in total. The Balaban J connectivity index is 1.89. The van der Waals surface area contributed by atoms with Crippen LogP contribution in [-0.4, -0.2) is 16.2 Å². The molecular formula is C18H20N2O. The summed E-state index contributed by atoms with van der Waals surface area (Å²) in [6.07, 6.45) is 6.70. The predicted octanol–water partition coefficient (Wildman–Crippen LogP) is 4.20. The molecule has 0 spiro atoms. The van der Waals surface area contributed by atoms with E-state index in [1.165, 1.54) is 16.3 Å². The number of hydrogen-bond acceptors (Lipinski definition) is 2. The first kappa shape index (κ1) is 13.8. The van der Waals surface area contributed by atoms with Crippen LogP contribution in [-0.2, 0) is 11.3 Å². The van der Waals surface area contributed by atoms with E-state index in [0.29, 0.717) is 0 Å². The Labute approximate surface area is 125 Å². The van der Waals surface area contributed by atoms with Gasteiger partial charge in [-0.25, -0.2) is 4.98 Å². The summed E-state index contributed by atoms with van der Waals surface area (Å²) in [6, 6.07) is 15.0. The second-order valence-electron chi connectivity index (χ2n) is 5.23. The molecule has 3 heteroatoms. The average Bonchev–Trinajstić information content (AvgIpc) is 3.04. The van der Waals surface area contributed by atoms with Gasteiger partial charge in [-0.1, -0.05) is 43.3 Å². The van der Waals surface area contributed by atoms with Crippen molar-refractivity contribution in [3.05, 3.63) is 66.7 Å². The maximum Gasteiger partial charge on any atom is 0.100 e. The fourth-order valence-corrected chi connectivity index (χ4v) is 2.51. The second kappa shape index (κ2) is 6.55. The van der Waals surface area contributed by atoms with E-state index in [1.807, 2.05) is 12.5 Å². The standard InChI is InChI=1S/C18H20N2O/c1-2-11-21-18(13-20-10-9-19-14-20)17-8-7-15-5-3-4-6-16(15)12-17/h3-10,12,14,18H,2,11,13H2,1H3. The van der Waals surface area contributed by atoms with Gasteiger partial charge in [0.15, 0.2) is 0 Å². The van der Waals surface area contributed by atoms with Crippen LogP contribution < -0.4 is 0 Å². The highest BCUT2D eigenvalue weighted by Crippen LogP contribution is 2.24. The van der Waals surface area contributed by atoms with E-state index < -0.39 is 0 Å². The zero-order chi connectivity index (χ0) is 14.5. The third kappa shape index (κ3) is 3.31. The van der Waals surface area contributed by atoms with E-state index in [2.05, 4.69) is 58.9 Å². The number of hydrogen-bond donors (Lipinski definition) is 0. The van der Waals surface area contributed by atoms with E-state index in [9.17, 15) is 0 Å². The molecule has 3 nitrogen and oxygen atoms in total. The van der Waals surface area contributed by atoms with E-state index in [-0.39, 0.29) is 6.10 Å². The van der Waals surface area contributed by atoms with Crippen molar-refractivity contribution in [2.24, 2.45) is 0 Å².